The number of aromatic carboxylic acids is 1. The maximum Gasteiger partial charge on any atom is 0.338 e. The predicted octanol–water partition coefficient (Wildman–Crippen LogP) is 1.78. The minimum atomic E-state index is -1.32. The summed E-state index contributed by atoms with van der Waals surface area (Å²) in [5.41, 5.74) is -0.415. The predicted molar refractivity (Wildman–Crippen MR) is 66.9 cm³/mol. The first-order valence-corrected chi connectivity index (χ1v) is 6.30. The van der Waals surface area contributed by atoms with Crippen LogP contribution >= 0.6 is 0 Å². The Morgan fingerprint density at radius 3 is 3.11 bits per heavy atom. The van der Waals surface area contributed by atoms with E-state index >= 15 is 0 Å². The van der Waals surface area contributed by atoms with Crippen molar-refractivity contribution < 1.29 is 19.0 Å². The zero-order chi connectivity index (χ0) is 13.8. The highest BCUT2D eigenvalue weighted by molar-refractivity contribution is 5.88. The summed E-state index contributed by atoms with van der Waals surface area (Å²) >= 11 is 0. The van der Waals surface area contributed by atoms with Gasteiger partial charge in [0.15, 0.2) is 5.82 Å². The molecule has 1 unspecified atom stereocenters. The van der Waals surface area contributed by atoms with Gasteiger partial charge in [-0.2, -0.15) is 0 Å². The van der Waals surface area contributed by atoms with E-state index in [-0.39, 0.29) is 11.9 Å². The summed E-state index contributed by atoms with van der Waals surface area (Å²) in [6.45, 7) is 1.32. The zero-order valence-electron chi connectivity index (χ0n) is 10.8. The molecule has 0 spiro atoms. The smallest absolute Gasteiger partial charge is 0.338 e. The summed E-state index contributed by atoms with van der Waals surface area (Å²) in [5, 5.41) is 8.82. The lowest BCUT2D eigenvalue weighted by molar-refractivity contribution is 0.0689. The molecule has 5 nitrogen and oxygen atoms in total. The van der Waals surface area contributed by atoms with Gasteiger partial charge < -0.3 is 14.7 Å². The van der Waals surface area contributed by atoms with Gasteiger partial charge >= 0.3 is 5.97 Å². The van der Waals surface area contributed by atoms with E-state index in [4.69, 9.17) is 9.84 Å². The van der Waals surface area contributed by atoms with Crippen molar-refractivity contribution in [2.75, 3.05) is 20.2 Å². The van der Waals surface area contributed by atoms with Gasteiger partial charge in [-0.15, -0.1) is 0 Å². The highest BCUT2D eigenvalue weighted by Crippen LogP contribution is 2.20. The largest absolute Gasteiger partial charge is 0.478 e. The van der Waals surface area contributed by atoms with Crippen molar-refractivity contribution >= 4 is 5.97 Å². The molecule has 2 heterocycles. The molecule has 1 aromatic heterocycles. The van der Waals surface area contributed by atoms with Crippen molar-refractivity contribution in [1.82, 2.24) is 9.88 Å². The van der Waals surface area contributed by atoms with E-state index in [0.717, 1.165) is 31.9 Å². The Labute approximate surface area is 111 Å². The highest BCUT2D eigenvalue weighted by Gasteiger charge is 2.21. The van der Waals surface area contributed by atoms with Crippen LogP contribution in [0.2, 0.25) is 0 Å². The molecule has 1 fully saturated rings. The van der Waals surface area contributed by atoms with Crippen LogP contribution in [0.4, 0.5) is 4.39 Å². The van der Waals surface area contributed by atoms with Crippen molar-refractivity contribution in [3.63, 3.8) is 0 Å². The molecule has 0 saturated carbocycles. The van der Waals surface area contributed by atoms with Gasteiger partial charge in [-0.25, -0.2) is 14.2 Å². The van der Waals surface area contributed by atoms with Crippen molar-refractivity contribution in [3.8, 4) is 5.88 Å². The minimum absolute atomic E-state index is 0.225. The van der Waals surface area contributed by atoms with Crippen LogP contribution in [0.3, 0.4) is 0 Å². The first-order valence-electron chi connectivity index (χ1n) is 6.30. The van der Waals surface area contributed by atoms with Crippen molar-refractivity contribution in [2.24, 2.45) is 0 Å². The summed E-state index contributed by atoms with van der Waals surface area (Å²) < 4.78 is 19.1. The molecule has 1 N–H and O–H groups in total. The molecule has 104 valence electrons. The number of rotatable bonds is 4. The van der Waals surface area contributed by atoms with Crippen LogP contribution in [0.5, 0.6) is 5.88 Å². The van der Waals surface area contributed by atoms with Crippen molar-refractivity contribution in [1.29, 1.82) is 0 Å². The molecule has 0 bridgehead atoms. The highest BCUT2D eigenvalue weighted by atomic mass is 19.1. The summed E-state index contributed by atoms with van der Waals surface area (Å²) in [6, 6.07) is 1.35. The van der Waals surface area contributed by atoms with E-state index in [1.807, 2.05) is 7.05 Å². The number of pyridine rings is 1. The molecule has 1 aliphatic heterocycles. The maximum atomic E-state index is 13.8. The minimum Gasteiger partial charge on any atom is -0.478 e. The number of ether oxygens (including phenoxy) is 1. The lowest BCUT2D eigenvalue weighted by Crippen LogP contribution is -2.40. The number of carboxylic acid groups (broad SMARTS) is 1. The third kappa shape index (κ3) is 3.20. The zero-order valence-corrected chi connectivity index (χ0v) is 10.8. The molecule has 0 radical (unpaired) electrons. The maximum absolute atomic E-state index is 13.8. The molecule has 1 saturated heterocycles. The monoisotopic (exact) mass is 268 g/mol. The summed E-state index contributed by atoms with van der Waals surface area (Å²) in [7, 11) is 2.00. The van der Waals surface area contributed by atoms with Gasteiger partial charge in [0, 0.05) is 12.2 Å². The van der Waals surface area contributed by atoms with Crippen LogP contribution in [-0.2, 0) is 0 Å². The van der Waals surface area contributed by atoms with E-state index in [1.165, 1.54) is 6.20 Å². The average molecular weight is 268 g/mol. The number of likely N-dealkylation sites (tertiary alicyclic amines) is 1. The molecule has 1 aliphatic rings. The van der Waals surface area contributed by atoms with Gasteiger partial charge in [0.25, 0.3) is 5.88 Å². The van der Waals surface area contributed by atoms with Gasteiger partial charge in [0.1, 0.15) is 12.2 Å². The van der Waals surface area contributed by atoms with Gasteiger partial charge in [-0.05, 0) is 32.5 Å². The number of hydrogen-bond donors (Lipinski definition) is 1. The Bertz CT molecular complexity index is 467. The lowest BCUT2D eigenvalue weighted by atomic mass is 10.0. The molecule has 0 amide bonds. The molecule has 6 heteroatoms. The molecule has 2 rings (SSSR count). The average Bonchev–Trinajstić information content (AvgIpc) is 2.39. The summed E-state index contributed by atoms with van der Waals surface area (Å²) in [6.07, 6.45) is 4.53. The molecule has 1 aromatic rings. The summed E-state index contributed by atoms with van der Waals surface area (Å²) in [4.78, 5) is 16.7. The van der Waals surface area contributed by atoms with Gasteiger partial charge in [0.05, 0.1) is 0 Å². The number of piperidine rings is 1. The number of likely N-dealkylation sites (N-methyl/N-ethyl adjacent to an activating group) is 1. The number of hydrogen-bond acceptors (Lipinski definition) is 4. The van der Waals surface area contributed by atoms with Gasteiger partial charge in [0.2, 0.25) is 0 Å². The second-order valence-electron chi connectivity index (χ2n) is 4.72. The quantitative estimate of drug-likeness (QED) is 0.902. The third-order valence-electron chi connectivity index (χ3n) is 3.42. The Kier molecular flexibility index (Phi) is 4.31. The fraction of sp³-hybridized carbons (Fsp3) is 0.538. The van der Waals surface area contributed by atoms with Crippen molar-refractivity contribution in [3.05, 3.63) is 23.6 Å². The lowest BCUT2D eigenvalue weighted by Gasteiger charge is -2.31. The summed E-state index contributed by atoms with van der Waals surface area (Å²) in [5.74, 6) is -2.47. The third-order valence-corrected chi connectivity index (χ3v) is 3.42. The van der Waals surface area contributed by atoms with E-state index in [1.54, 1.807) is 0 Å². The Morgan fingerprint density at radius 1 is 1.63 bits per heavy atom. The molecule has 19 heavy (non-hydrogen) atoms. The molecule has 0 aromatic carbocycles. The number of halogens is 1. The number of carboxylic acids is 1. The second kappa shape index (κ2) is 5.97. The van der Waals surface area contributed by atoms with Crippen LogP contribution in [-0.4, -0.2) is 47.2 Å². The molecular formula is C13H17FN2O3. The number of aromatic nitrogens is 1. The number of carbonyl (C=O) groups is 1. The fourth-order valence-electron chi connectivity index (χ4n) is 2.22. The van der Waals surface area contributed by atoms with Crippen LogP contribution in [0.25, 0.3) is 0 Å². The number of nitrogens with zero attached hydrogens (tertiary/aromatic N) is 2. The van der Waals surface area contributed by atoms with Gasteiger partial charge in [-0.3, -0.25) is 0 Å². The standard InChI is InChI=1S/C13H17FN2O3/c1-16-7-3-2-4-9(16)8-19-12-11(14)10(13(17)18)5-6-15-12/h5-6,9H,2-4,7-8H2,1H3,(H,17,18). The van der Waals surface area contributed by atoms with E-state index in [9.17, 15) is 9.18 Å². The Hall–Kier alpha value is -1.69. The van der Waals surface area contributed by atoms with Crippen LogP contribution in [0, 0.1) is 5.82 Å². The van der Waals surface area contributed by atoms with Crippen LogP contribution in [0.15, 0.2) is 12.3 Å². The fourth-order valence-corrected chi connectivity index (χ4v) is 2.22. The van der Waals surface area contributed by atoms with Crippen LogP contribution < -0.4 is 4.74 Å². The molecule has 0 aliphatic carbocycles. The normalized spacial score (nSPS) is 20.2. The van der Waals surface area contributed by atoms with Crippen molar-refractivity contribution in [2.45, 2.75) is 25.3 Å². The van der Waals surface area contributed by atoms with Gasteiger partial charge in [-0.1, -0.05) is 6.42 Å². The topological polar surface area (TPSA) is 62.7 Å². The van der Waals surface area contributed by atoms with Crippen LogP contribution in [0.1, 0.15) is 29.6 Å². The Balaban J connectivity index is 2.03. The van der Waals surface area contributed by atoms with E-state index in [2.05, 4.69) is 9.88 Å². The Morgan fingerprint density at radius 2 is 2.42 bits per heavy atom. The SMILES string of the molecule is CN1CCCCC1COc1nccc(C(=O)O)c1F. The first kappa shape index (κ1) is 13.7. The molecule has 1 atom stereocenters. The van der Waals surface area contributed by atoms with E-state index in [0.29, 0.717) is 6.61 Å². The molecular weight excluding hydrogens is 251 g/mol. The second-order valence-corrected chi connectivity index (χ2v) is 4.72. The van der Waals surface area contributed by atoms with E-state index < -0.39 is 17.3 Å². The first-order chi connectivity index (χ1) is 9.09.